The second kappa shape index (κ2) is 4.32. The predicted octanol–water partition coefficient (Wildman–Crippen LogP) is 3.64. The number of hydrogen-bond acceptors (Lipinski definition) is 2. The molecule has 5 heteroatoms. The first kappa shape index (κ1) is 10.6. The zero-order chi connectivity index (χ0) is 11.5. The van der Waals surface area contributed by atoms with Crippen LogP contribution in [0.3, 0.4) is 0 Å². The number of carboxylic acid groups (broad SMARTS) is 1. The van der Waals surface area contributed by atoms with Gasteiger partial charge in [0.15, 0.2) is 0 Å². The maximum Gasteiger partial charge on any atom is 0.409 e. The van der Waals surface area contributed by atoms with Gasteiger partial charge in [0, 0.05) is 10.4 Å². The van der Waals surface area contributed by atoms with Crippen molar-refractivity contribution in [3.63, 3.8) is 0 Å². The van der Waals surface area contributed by atoms with Gasteiger partial charge in [0.25, 0.3) is 0 Å². The summed E-state index contributed by atoms with van der Waals surface area (Å²) in [6, 6.07) is 7.60. The molecule has 0 saturated heterocycles. The van der Waals surface area contributed by atoms with Crippen molar-refractivity contribution in [2.75, 3.05) is 5.32 Å². The molecule has 0 bridgehead atoms. The number of thiophene rings is 1. The molecule has 1 aromatic heterocycles. The van der Waals surface area contributed by atoms with E-state index in [4.69, 9.17) is 5.11 Å². The number of carbonyl (C=O) groups is 1. The summed E-state index contributed by atoms with van der Waals surface area (Å²) in [4.78, 5) is 11.4. The summed E-state index contributed by atoms with van der Waals surface area (Å²) in [5.74, 6) is -0.390. The SMILES string of the molecule is O=C(O)Nc1ccc(F)cc1-c1cccs1. The normalized spacial score (nSPS) is 10.1. The van der Waals surface area contributed by atoms with E-state index in [2.05, 4.69) is 5.32 Å². The third-order valence-corrected chi connectivity index (χ3v) is 2.91. The molecule has 0 aliphatic carbocycles. The van der Waals surface area contributed by atoms with Gasteiger partial charge in [-0.1, -0.05) is 6.07 Å². The molecule has 0 unspecified atom stereocenters. The van der Waals surface area contributed by atoms with E-state index in [1.54, 1.807) is 0 Å². The molecule has 0 saturated carbocycles. The molecule has 82 valence electrons. The number of anilines is 1. The van der Waals surface area contributed by atoms with Crippen LogP contribution in [0.5, 0.6) is 0 Å². The Bertz CT molecular complexity index is 511. The van der Waals surface area contributed by atoms with Gasteiger partial charge < -0.3 is 5.11 Å². The Labute approximate surface area is 95.2 Å². The van der Waals surface area contributed by atoms with Crippen molar-refractivity contribution in [1.82, 2.24) is 0 Å². The molecule has 0 fully saturated rings. The number of benzene rings is 1. The Hall–Kier alpha value is -1.88. The first-order valence-electron chi connectivity index (χ1n) is 4.50. The summed E-state index contributed by atoms with van der Waals surface area (Å²) < 4.78 is 13.1. The standard InChI is InChI=1S/C11H8FNO2S/c12-7-3-4-9(13-11(14)15)8(6-7)10-2-1-5-16-10/h1-6,13H,(H,14,15). The highest BCUT2D eigenvalue weighted by Gasteiger charge is 2.09. The summed E-state index contributed by atoms with van der Waals surface area (Å²) in [5.41, 5.74) is 0.939. The zero-order valence-corrected chi connectivity index (χ0v) is 8.92. The van der Waals surface area contributed by atoms with Crippen molar-refractivity contribution in [2.24, 2.45) is 0 Å². The minimum atomic E-state index is -1.16. The van der Waals surface area contributed by atoms with Gasteiger partial charge in [-0.3, -0.25) is 5.32 Å². The Morgan fingerprint density at radius 1 is 1.38 bits per heavy atom. The van der Waals surface area contributed by atoms with Crippen LogP contribution < -0.4 is 5.32 Å². The summed E-state index contributed by atoms with van der Waals surface area (Å²) in [6.45, 7) is 0. The van der Waals surface area contributed by atoms with Crippen LogP contribution in [-0.2, 0) is 0 Å². The molecule has 3 nitrogen and oxygen atoms in total. The van der Waals surface area contributed by atoms with Gasteiger partial charge in [0.05, 0.1) is 5.69 Å². The summed E-state index contributed by atoms with van der Waals surface area (Å²) in [5, 5.41) is 12.8. The number of amides is 1. The van der Waals surface area contributed by atoms with Crippen LogP contribution in [-0.4, -0.2) is 11.2 Å². The largest absolute Gasteiger partial charge is 0.465 e. The maximum absolute atomic E-state index is 13.1. The molecule has 2 rings (SSSR count). The lowest BCUT2D eigenvalue weighted by atomic mass is 10.1. The summed E-state index contributed by atoms with van der Waals surface area (Å²) >= 11 is 1.43. The number of rotatable bonds is 2. The fourth-order valence-electron chi connectivity index (χ4n) is 1.38. The van der Waals surface area contributed by atoms with Gasteiger partial charge in [-0.05, 0) is 29.6 Å². The highest BCUT2D eigenvalue weighted by Crippen LogP contribution is 2.32. The van der Waals surface area contributed by atoms with Crippen LogP contribution in [0.1, 0.15) is 0 Å². The van der Waals surface area contributed by atoms with Gasteiger partial charge >= 0.3 is 6.09 Å². The van der Waals surface area contributed by atoms with Gasteiger partial charge in [0.1, 0.15) is 5.82 Å². The topological polar surface area (TPSA) is 49.3 Å². The maximum atomic E-state index is 13.1. The van der Waals surface area contributed by atoms with Crippen molar-refractivity contribution >= 4 is 23.1 Å². The van der Waals surface area contributed by atoms with Crippen LogP contribution in [0, 0.1) is 5.82 Å². The molecule has 0 spiro atoms. The summed E-state index contributed by atoms with van der Waals surface area (Å²) in [7, 11) is 0. The number of nitrogens with one attached hydrogen (secondary N) is 1. The monoisotopic (exact) mass is 237 g/mol. The van der Waals surface area contributed by atoms with Crippen LogP contribution in [0.2, 0.25) is 0 Å². The average Bonchev–Trinajstić information content (AvgIpc) is 2.73. The van der Waals surface area contributed by atoms with E-state index in [0.29, 0.717) is 11.3 Å². The van der Waals surface area contributed by atoms with E-state index in [0.717, 1.165) is 4.88 Å². The van der Waals surface area contributed by atoms with Gasteiger partial charge in [-0.15, -0.1) is 11.3 Å². The fourth-order valence-corrected chi connectivity index (χ4v) is 2.13. The Balaban J connectivity index is 2.48. The van der Waals surface area contributed by atoms with Crippen molar-refractivity contribution in [1.29, 1.82) is 0 Å². The van der Waals surface area contributed by atoms with Crippen molar-refractivity contribution < 1.29 is 14.3 Å². The van der Waals surface area contributed by atoms with Gasteiger partial charge in [-0.25, -0.2) is 9.18 Å². The zero-order valence-electron chi connectivity index (χ0n) is 8.11. The van der Waals surface area contributed by atoms with E-state index < -0.39 is 6.09 Å². The van der Waals surface area contributed by atoms with Gasteiger partial charge in [0.2, 0.25) is 0 Å². The van der Waals surface area contributed by atoms with E-state index in [9.17, 15) is 9.18 Å². The van der Waals surface area contributed by atoms with Crippen LogP contribution >= 0.6 is 11.3 Å². The summed E-state index contributed by atoms with van der Waals surface area (Å²) in [6.07, 6.45) is -1.16. The predicted molar refractivity (Wildman–Crippen MR) is 61.4 cm³/mol. The first-order valence-corrected chi connectivity index (χ1v) is 5.38. The van der Waals surface area contributed by atoms with E-state index in [1.807, 2.05) is 17.5 Å². The first-order chi connectivity index (χ1) is 7.66. The second-order valence-corrected chi connectivity index (χ2v) is 4.05. The Morgan fingerprint density at radius 3 is 2.81 bits per heavy atom. The van der Waals surface area contributed by atoms with Gasteiger partial charge in [-0.2, -0.15) is 0 Å². The molecule has 1 amide bonds. The smallest absolute Gasteiger partial charge is 0.409 e. The third-order valence-electron chi connectivity index (χ3n) is 2.01. The van der Waals surface area contributed by atoms with E-state index >= 15 is 0 Å². The van der Waals surface area contributed by atoms with E-state index in [-0.39, 0.29) is 5.82 Å². The molecule has 0 atom stereocenters. The highest BCUT2D eigenvalue weighted by molar-refractivity contribution is 7.13. The van der Waals surface area contributed by atoms with Crippen LogP contribution in [0.4, 0.5) is 14.9 Å². The minimum absolute atomic E-state index is 0.386. The van der Waals surface area contributed by atoms with E-state index in [1.165, 1.54) is 29.5 Å². The molecule has 16 heavy (non-hydrogen) atoms. The van der Waals surface area contributed by atoms with Crippen LogP contribution in [0.25, 0.3) is 10.4 Å². The average molecular weight is 237 g/mol. The Kier molecular flexibility index (Phi) is 2.87. The van der Waals surface area contributed by atoms with Crippen molar-refractivity contribution in [2.45, 2.75) is 0 Å². The molecule has 2 N–H and O–H groups in total. The molecule has 1 aromatic carbocycles. The lowest BCUT2D eigenvalue weighted by molar-refractivity contribution is 0.210. The van der Waals surface area contributed by atoms with Crippen molar-refractivity contribution in [3.8, 4) is 10.4 Å². The lowest BCUT2D eigenvalue weighted by Crippen LogP contribution is -2.08. The molecule has 0 aliphatic rings. The highest BCUT2D eigenvalue weighted by atomic mass is 32.1. The minimum Gasteiger partial charge on any atom is -0.465 e. The van der Waals surface area contributed by atoms with Crippen molar-refractivity contribution in [3.05, 3.63) is 41.5 Å². The third kappa shape index (κ3) is 2.20. The molecular formula is C11H8FNO2S. The molecule has 0 radical (unpaired) electrons. The fraction of sp³-hybridized carbons (Fsp3) is 0. The molecule has 2 aromatic rings. The molecule has 0 aliphatic heterocycles. The quantitative estimate of drug-likeness (QED) is 0.837. The number of halogens is 1. The number of hydrogen-bond donors (Lipinski definition) is 2. The van der Waals surface area contributed by atoms with Crippen LogP contribution in [0.15, 0.2) is 35.7 Å². The lowest BCUT2D eigenvalue weighted by Gasteiger charge is -2.07. The second-order valence-electron chi connectivity index (χ2n) is 3.10. The molecular weight excluding hydrogens is 229 g/mol. The molecule has 1 heterocycles. The Morgan fingerprint density at radius 2 is 2.19 bits per heavy atom.